The van der Waals surface area contributed by atoms with Gasteiger partial charge in [-0.05, 0) is 26.8 Å². The van der Waals surface area contributed by atoms with Crippen molar-refractivity contribution in [3.63, 3.8) is 0 Å². The lowest BCUT2D eigenvalue weighted by Gasteiger charge is -2.19. The third-order valence-corrected chi connectivity index (χ3v) is 2.31. The maximum atomic E-state index is 12.2. The van der Waals surface area contributed by atoms with Gasteiger partial charge in [0.2, 0.25) is 5.91 Å². The highest BCUT2D eigenvalue weighted by atomic mass is 19.4. The molecule has 118 valence electrons. The number of carbonyl (C=O) groups is 1. The molecule has 0 saturated carbocycles. The first kappa shape index (κ1) is 17.3. The fourth-order valence-electron chi connectivity index (χ4n) is 1.40. The minimum Gasteiger partial charge on any atom is -0.405 e. The summed E-state index contributed by atoms with van der Waals surface area (Å²) in [5, 5.41) is 2.49. The predicted molar refractivity (Wildman–Crippen MR) is 70.7 cm³/mol. The Balaban J connectivity index is 2.57. The van der Waals surface area contributed by atoms with Crippen molar-refractivity contribution in [3.8, 4) is 5.75 Å². The van der Waals surface area contributed by atoms with Gasteiger partial charge in [0.25, 0.3) is 0 Å². The van der Waals surface area contributed by atoms with Crippen molar-refractivity contribution in [3.05, 3.63) is 29.8 Å². The predicted octanol–water partition coefficient (Wildman–Crippen LogP) is 3.02. The van der Waals surface area contributed by atoms with Crippen LogP contribution in [0, 0.1) is 0 Å². The average Bonchev–Trinajstić information content (AvgIpc) is 2.32. The number of alkyl halides is 3. The summed E-state index contributed by atoms with van der Waals surface area (Å²) < 4.78 is 45.9. The summed E-state index contributed by atoms with van der Waals surface area (Å²) in [4.78, 5) is 11.6. The van der Waals surface area contributed by atoms with Crippen molar-refractivity contribution in [2.24, 2.45) is 0 Å². The number of para-hydroxylation sites is 1. The van der Waals surface area contributed by atoms with E-state index in [0.29, 0.717) is 0 Å². The first-order valence-corrected chi connectivity index (χ1v) is 6.31. The van der Waals surface area contributed by atoms with E-state index in [1.807, 2.05) is 0 Å². The molecule has 4 nitrogen and oxygen atoms in total. The van der Waals surface area contributed by atoms with Gasteiger partial charge in [-0.15, -0.1) is 13.2 Å². The number of rotatable bonds is 5. The lowest BCUT2D eigenvalue weighted by molar-refractivity contribution is -0.274. The standard InChI is InChI=1S/C14H18F3NO3/c1-13(2,3)20-9-12(19)18-8-10-6-4-5-7-11(10)21-14(15,16)17/h4-7H,8-9H2,1-3H3,(H,18,19). The quantitative estimate of drug-likeness (QED) is 0.909. The zero-order valence-electron chi connectivity index (χ0n) is 12.1. The van der Waals surface area contributed by atoms with Crippen molar-refractivity contribution in [2.75, 3.05) is 6.61 Å². The molecular weight excluding hydrogens is 287 g/mol. The van der Waals surface area contributed by atoms with Gasteiger partial charge in [0.05, 0.1) is 5.60 Å². The third-order valence-electron chi connectivity index (χ3n) is 2.31. The third kappa shape index (κ3) is 7.55. The van der Waals surface area contributed by atoms with Gasteiger partial charge in [-0.1, -0.05) is 18.2 Å². The normalized spacial score (nSPS) is 12.1. The average molecular weight is 305 g/mol. The van der Waals surface area contributed by atoms with Gasteiger partial charge in [0, 0.05) is 12.1 Å². The van der Waals surface area contributed by atoms with Gasteiger partial charge in [-0.3, -0.25) is 4.79 Å². The molecule has 1 aromatic rings. The van der Waals surface area contributed by atoms with Gasteiger partial charge < -0.3 is 14.8 Å². The summed E-state index contributed by atoms with van der Waals surface area (Å²) in [5.41, 5.74) is -0.229. The highest BCUT2D eigenvalue weighted by Gasteiger charge is 2.31. The molecule has 0 radical (unpaired) electrons. The molecule has 0 spiro atoms. The van der Waals surface area contributed by atoms with Crippen molar-refractivity contribution in [2.45, 2.75) is 39.3 Å². The van der Waals surface area contributed by atoms with Crippen LogP contribution >= 0.6 is 0 Å². The van der Waals surface area contributed by atoms with Gasteiger partial charge in [-0.25, -0.2) is 0 Å². The Morgan fingerprint density at radius 3 is 2.38 bits per heavy atom. The fourth-order valence-corrected chi connectivity index (χ4v) is 1.40. The molecule has 0 heterocycles. The molecule has 0 unspecified atom stereocenters. The lowest BCUT2D eigenvalue weighted by atomic mass is 10.2. The highest BCUT2D eigenvalue weighted by molar-refractivity contribution is 5.77. The molecule has 0 aliphatic carbocycles. The summed E-state index contributed by atoms with van der Waals surface area (Å²) in [6, 6.07) is 5.64. The van der Waals surface area contributed by atoms with Crippen LogP contribution in [0.4, 0.5) is 13.2 Å². The molecule has 0 fully saturated rings. The topological polar surface area (TPSA) is 47.6 Å². The van der Waals surface area contributed by atoms with Gasteiger partial charge in [-0.2, -0.15) is 0 Å². The van der Waals surface area contributed by atoms with Crippen LogP contribution in [0.15, 0.2) is 24.3 Å². The minimum absolute atomic E-state index is 0.0708. The van der Waals surface area contributed by atoms with Gasteiger partial charge in [0.15, 0.2) is 0 Å². The van der Waals surface area contributed by atoms with E-state index >= 15 is 0 Å². The molecule has 0 atom stereocenters. The van der Waals surface area contributed by atoms with E-state index in [-0.39, 0.29) is 24.5 Å². The monoisotopic (exact) mass is 305 g/mol. The van der Waals surface area contributed by atoms with E-state index in [2.05, 4.69) is 10.1 Å². The maximum absolute atomic E-state index is 12.2. The molecule has 21 heavy (non-hydrogen) atoms. The summed E-state index contributed by atoms with van der Waals surface area (Å²) in [6.45, 7) is 5.16. The number of nitrogens with one attached hydrogen (secondary N) is 1. The van der Waals surface area contributed by atoms with Crippen molar-refractivity contribution < 1.29 is 27.4 Å². The van der Waals surface area contributed by atoms with Crippen LogP contribution in [0.1, 0.15) is 26.3 Å². The van der Waals surface area contributed by atoms with E-state index in [9.17, 15) is 18.0 Å². The van der Waals surface area contributed by atoms with Crippen LogP contribution < -0.4 is 10.1 Å². The SMILES string of the molecule is CC(C)(C)OCC(=O)NCc1ccccc1OC(F)(F)F. The molecule has 0 aliphatic rings. The van der Waals surface area contributed by atoms with E-state index in [1.54, 1.807) is 26.8 Å². The molecule has 0 aromatic heterocycles. The Morgan fingerprint density at radius 2 is 1.81 bits per heavy atom. The summed E-state index contributed by atoms with van der Waals surface area (Å²) >= 11 is 0. The second-order valence-electron chi connectivity index (χ2n) is 5.33. The number of carbonyl (C=O) groups excluding carboxylic acids is 1. The first-order valence-electron chi connectivity index (χ1n) is 6.31. The molecule has 1 amide bonds. The van der Waals surface area contributed by atoms with Crippen LogP contribution in [-0.2, 0) is 16.1 Å². The molecule has 1 rings (SSSR count). The smallest absolute Gasteiger partial charge is 0.405 e. The van der Waals surface area contributed by atoms with Gasteiger partial charge in [0.1, 0.15) is 12.4 Å². The molecular formula is C14H18F3NO3. The largest absolute Gasteiger partial charge is 0.573 e. The molecule has 0 bridgehead atoms. The Hall–Kier alpha value is -1.76. The van der Waals surface area contributed by atoms with Gasteiger partial charge >= 0.3 is 6.36 Å². The van der Waals surface area contributed by atoms with Crippen molar-refractivity contribution in [1.82, 2.24) is 5.32 Å². The Bertz CT molecular complexity index is 481. The van der Waals surface area contributed by atoms with Crippen LogP contribution in [0.3, 0.4) is 0 Å². The molecule has 1 N–H and O–H groups in total. The second-order valence-corrected chi connectivity index (χ2v) is 5.33. The molecule has 7 heteroatoms. The number of hydrogen-bond acceptors (Lipinski definition) is 3. The van der Waals surface area contributed by atoms with Crippen molar-refractivity contribution in [1.29, 1.82) is 0 Å². The maximum Gasteiger partial charge on any atom is 0.573 e. The number of halogens is 3. The van der Waals surface area contributed by atoms with Crippen LogP contribution in [-0.4, -0.2) is 24.5 Å². The zero-order valence-corrected chi connectivity index (χ0v) is 12.1. The van der Waals surface area contributed by atoms with E-state index in [4.69, 9.17) is 4.74 Å². The molecule has 0 saturated heterocycles. The number of benzene rings is 1. The summed E-state index contributed by atoms with van der Waals surface area (Å²) in [7, 11) is 0. The highest BCUT2D eigenvalue weighted by Crippen LogP contribution is 2.26. The number of hydrogen-bond donors (Lipinski definition) is 1. The Kier molecular flexibility index (Phi) is 5.60. The lowest BCUT2D eigenvalue weighted by Crippen LogP contribution is -2.32. The van der Waals surface area contributed by atoms with E-state index in [0.717, 1.165) is 0 Å². The fraction of sp³-hybridized carbons (Fsp3) is 0.500. The van der Waals surface area contributed by atoms with Crippen LogP contribution in [0.25, 0.3) is 0 Å². The van der Waals surface area contributed by atoms with Crippen molar-refractivity contribution >= 4 is 5.91 Å². The minimum atomic E-state index is -4.77. The van der Waals surface area contributed by atoms with Crippen LogP contribution in [0.2, 0.25) is 0 Å². The van der Waals surface area contributed by atoms with Crippen LogP contribution in [0.5, 0.6) is 5.75 Å². The molecule has 1 aromatic carbocycles. The Labute approximate surface area is 121 Å². The van der Waals surface area contributed by atoms with E-state index in [1.165, 1.54) is 18.2 Å². The number of ether oxygens (including phenoxy) is 2. The first-order chi connectivity index (χ1) is 9.57. The molecule has 0 aliphatic heterocycles. The second kappa shape index (κ2) is 6.80. The van der Waals surface area contributed by atoms with E-state index < -0.39 is 17.9 Å². The number of amides is 1. The summed E-state index contributed by atoms with van der Waals surface area (Å²) in [6.07, 6.45) is -4.77. The summed E-state index contributed by atoms with van der Waals surface area (Å²) in [5.74, 6) is -0.742. The Morgan fingerprint density at radius 1 is 1.19 bits per heavy atom. The zero-order chi connectivity index (χ0) is 16.1.